The minimum absolute atomic E-state index is 0.0389. The molecule has 146 valence electrons. The summed E-state index contributed by atoms with van der Waals surface area (Å²) in [6.45, 7) is 4.03. The number of hydrogen-bond donors (Lipinski definition) is 3. The third kappa shape index (κ3) is 4.98. The summed E-state index contributed by atoms with van der Waals surface area (Å²) in [4.78, 5) is 10.8. The van der Waals surface area contributed by atoms with Crippen molar-refractivity contribution >= 4 is 29.5 Å². The SMILES string of the molecule is CC(C)Oc1cc(N/N=C/C(O)(C(C)C(=O)O)C(F)(F)F)c(F)cc1Cl. The number of carboxylic acids is 1. The molecule has 26 heavy (non-hydrogen) atoms. The monoisotopic (exact) mass is 400 g/mol. The van der Waals surface area contributed by atoms with Crippen LogP contribution >= 0.6 is 11.6 Å². The van der Waals surface area contributed by atoms with E-state index in [-0.39, 0.29) is 28.8 Å². The molecule has 0 aliphatic rings. The number of aliphatic hydroxyl groups is 1. The van der Waals surface area contributed by atoms with Crippen molar-refractivity contribution in [3.8, 4) is 5.75 Å². The average Bonchev–Trinajstić information content (AvgIpc) is 2.48. The minimum atomic E-state index is -5.32. The fourth-order valence-electron chi connectivity index (χ4n) is 1.78. The first kappa shape index (κ1) is 22.0. The van der Waals surface area contributed by atoms with E-state index < -0.39 is 29.5 Å². The van der Waals surface area contributed by atoms with E-state index in [0.29, 0.717) is 6.92 Å². The average molecular weight is 401 g/mol. The van der Waals surface area contributed by atoms with E-state index in [0.717, 1.165) is 12.1 Å². The number of halogens is 5. The number of anilines is 1. The Labute approximate surface area is 151 Å². The van der Waals surface area contributed by atoms with Gasteiger partial charge < -0.3 is 14.9 Å². The van der Waals surface area contributed by atoms with Gasteiger partial charge in [-0.05, 0) is 26.8 Å². The number of hydrogen-bond acceptors (Lipinski definition) is 5. The van der Waals surface area contributed by atoms with Crippen LogP contribution in [0.25, 0.3) is 0 Å². The first-order valence-corrected chi connectivity index (χ1v) is 7.65. The number of alkyl halides is 3. The number of hydrazone groups is 1. The molecule has 1 aromatic rings. The first-order valence-electron chi connectivity index (χ1n) is 7.27. The highest BCUT2D eigenvalue weighted by Crippen LogP contribution is 2.36. The minimum Gasteiger partial charge on any atom is -0.489 e. The number of benzene rings is 1. The third-order valence-corrected chi connectivity index (χ3v) is 3.61. The van der Waals surface area contributed by atoms with Gasteiger partial charge in [0.05, 0.1) is 28.9 Å². The van der Waals surface area contributed by atoms with Crippen LogP contribution in [-0.2, 0) is 4.79 Å². The van der Waals surface area contributed by atoms with Gasteiger partial charge in [0.25, 0.3) is 0 Å². The van der Waals surface area contributed by atoms with E-state index in [1.807, 2.05) is 5.43 Å². The lowest BCUT2D eigenvalue weighted by Gasteiger charge is -2.29. The van der Waals surface area contributed by atoms with Gasteiger partial charge in [-0.3, -0.25) is 10.2 Å². The number of ether oxygens (including phenoxy) is 1. The van der Waals surface area contributed by atoms with Gasteiger partial charge in [0, 0.05) is 6.07 Å². The number of carboxylic acid groups (broad SMARTS) is 1. The Bertz CT molecular complexity index is 697. The largest absolute Gasteiger partial charge is 0.489 e. The van der Waals surface area contributed by atoms with Gasteiger partial charge in [-0.1, -0.05) is 11.6 Å². The van der Waals surface area contributed by atoms with Crippen molar-refractivity contribution in [2.45, 2.75) is 38.7 Å². The van der Waals surface area contributed by atoms with Crippen molar-refractivity contribution in [1.29, 1.82) is 0 Å². The normalized spacial score (nSPS) is 15.8. The van der Waals surface area contributed by atoms with E-state index in [2.05, 4.69) is 5.10 Å². The predicted octanol–water partition coefficient (Wildman–Crippen LogP) is 3.68. The van der Waals surface area contributed by atoms with Crippen LogP contribution in [-0.4, -0.2) is 40.3 Å². The molecule has 0 bridgehead atoms. The maximum absolute atomic E-state index is 13.9. The number of carbonyl (C=O) groups is 1. The topological polar surface area (TPSA) is 91.1 Å². The van der Waals surface area contributed by atoms with Crippen LogP contribution in [0.4, 0.5) is 23.2 Å². The lowest BCUT2D eigenvalue weighted by atomic mass is 9.89. The highest BCUT2D eigenvalue weighted by atomic mass is 35.5. The summed E-state index contributed by atoms with van der Waals surface area (Å²) in [6, 6.07) is 1.94. The molecule has 0 fully saturated rings. The predicted molar refractivity (Wildman–Crippen MR) is 87.1 cm³/mol. The van der Waals surface area contributed by atoms with Crippen molar-refractivity contribution < 1.29 is 37.3 Å². The van der Waals surface area contributed by atoms with Gasteiger partial charge >= 0.3 is 12.1 Å². The summed E-state index contributed by atoms with van der Waals surface area (Å²) in [5.41, 5.74) is -2.16. The van der Waals surface area contributed by atoms with Gasteiger partial charge in [0.2, 0.25) is 5.60 Å². The van der Waals surface area contributed by atoms with Crippen LogP contribution in [0.5, 0.6) is 5.75 Å². The second kappa shape index (κ2) is 8.09. The Morgan fingerprint density at radius 3 is 2.38 bits per heavy atom. The Hall–Kier alpha value is -2.07. The second-order valence-electron chi connectivity index (χ2n) is 5.68. The van der Waals surface area contributed by atoms with Crippen LogP contribution in [0.2, 0.25) is 5.02 Å². The van der Waals surface area contributed by atoms with E-state index >= 15 is 0 Å². The number of nitrogens with one attached hydrogen (secondary N) is 1. The molecule has 0 heterocycles. The van der Waals surface area contributed by atoms with Crippen LogP contribution in [0.15, 0.2) is 17.2 Å². The summed E-state index contributed by atoms with van der Waals surface area (Å²) in [6.07, 6.45) is -5.66. The van der Waals surface area contributed by atoms with Crippen molar-refractivity contribution in [2.75, 3.05) is 5.43 Å². The van der Waals surface area contributed by atoms with Crippen molar-refractivity contribution in [1.82, 2.24) is 0 Å². The van der Waals surface area contributed by atoms with Crippen molar-refractivity contribution in [3.05, 3.63) is 23.0 Å². The Kier molecular flexibility index (Phi) is 6.83. The maximum atomic E-state index is 13.9. The fraction of sp³-hybridized carbons (Fsp3) is 0.467. The van der Waals surface area contributed by atoms with Gasteiger partial charge in [-0.2, -0.15) is 18.3 Å². The number of aliphatic carboxylic acids is 1. The zero-order valence-corrected chi connectivity index (χ0v) is 14.7. The summed E-state index contributed by atoms with van der Waals surface area (Å²) < 4.78 is 58.3. The molecule has 0 radical (unpaired) electrons. The smallest absolute Gasteiger partial charge is 0.423 e. The molecular formula is C15H17ClF4N2O4. The van der Waals surface area contributed by atoms with E-state index in [9.17, 15) is 27.5 Å². The van der Waals surface area contributed by atoms with Gasteiger partial charge in [-0.25, -0.2) is 4.39 Å². The van der Waals surface area contributed by atoms with Gasteiger partial charge in [0.15, 0.2) is 0 Å². The zero-order valence-electron chi connectivity index (χ0n) is 13.9. The second-order valence-corrected chi connectivity index (χ2v) is 6.09. The molecule has 3 N–H and O–H groups in total. The van der Waals surface area contributed by atoms with Crippen molar-refractivity contribution in [2.24, 2.45) is 11.0 Å². The molecule has 0 spiro atoms. The Balaban J connectivity index is 3.14. The highest BCUT2D eigenvalue weighted by Gasteiger charge is 2.58. The molecule has 0 amide bonds. The number of nitrogens with zero attached hydrogens (tertiary/aromatic N) is 1. The first-order chi connectivity index (χ1) is 11.8. The summed E-state index contributed by atoms with van der Waals surface area (Å²) in [7, 11) is 0. The van der Waals surface area contributed by atoms with Crippen LogP contribution in [0.3, 0.4) is 0 Å². The molecule has 0 aromatic heterocycles. The lowest BCUT2D eigenvalue weighted by Crippen LogP contribution is -2.54. The zero-order chi connectivity index (χ0) is 20.3. The molecule has 0 aliphatic carbocycles. The quantitative estimate of drug-likeness (QED) is 0.369. The molecule has 2 unspecified atom stereocenters. The van der Waals surface area contributed by atoms with Gasteiger partial charge in [-0.15, -0.1) is 0 Å². The van der Waals surface area contributed by atoms with Crippen molar-refractivity contribution in [3.63, 3.8) is 0 Å². The summed E-state index contributed by atoms with van der Waals surface area (Å²) >= 11 is 5.80. The summed E-state index contributed by atoms with van der Waals surface area (Å²) in [5.74, 6) is -5.01. The molecule has 1 aromatic carbocycles. The standard InChI is InChI=1S/C15H17ClF4N2O4/c1-7(2)26-12-5-11(10(17)4-9(12)16)22-21-6-14(25,15(18,19)20)8(3)13(23)24/h4-8,22,25H,1-3H3,(H,23,24)/b21-6+. The molecule has 11 heteroatoms. The van der Waals surface area contributed by atoms with Crippen LogP contribution in [0, 0.1) is 11.7 Å². The molecule has 1 rings (SSSR count). The van der Waals surface area contributed by atoms with Crippen LogP contribution < -0.4 is 10.2 Å². The maximum Gasteiger partial charge on any atom is 0.423 e. The summed E-state index contributed by atoms with van der Waals surface area (Å²) in [5, 5.41) is 21.6. The van der Waals surface area contributed by atoms with E-state index in [4.69, 9.17) is 21.4 Å². The molecule has 0 aliphatic heterocycles. The van der Waals surface area contributed by atoms with E-state index in [1.54, 1.807) is 13.8 Å². The number of rotatable bonds is 7. The molecule has 6 nitrogen and oxygen atoms in total. The Morgan fingerprint density at radius 1 is 1.35 bits per heavy atom. The third-order valence-electron chi connectivity index (χ3n) is 3.32. The molecule has 0 saturated carbocycles. The molecule has 2 atom stereocenters. The highest BCUT2D eigenvalue weighted by molar-refractivity contribution is 6.32. The van der Waals surface area contributed by atoms with E-state index in [1.165, 1.54) is 0 Å². The lowest BCUT2D eigenvalue weighted by molar-refractivity contribution is -0.245. The molecule has 0 saturated heterocycles. The van der Waals surface area contributed by atoms with Gasteiger partial charge in [0.1, 0.15) is 11.6 Å². The fourth-order valence-corrected chi connectivity index (χ4v) is 1.97. The Morgan fingerprint density at radius 2 is 1.92 bits per heavy atom. The molecular weight excluding hydrogens is 384 g/mol. The van der Waals surface area contributed by atoms with Crippen LogP contribution in [0.1, 0.15) is 20.8 Å².